The smallest absolute Gasteiger partial charge is 0.159 e. The van der Waals surface area contributed by atoms with E-state index >= 15 is 0 Å². The summed E-state index contributed by atoms with van der Waals surface area (Å²) < 4.78 is 5.13. The fourth-order valence-corrected chi connectivity index (χ4v) is 2.27. The third-order valence-corrected chi connectivity index (χ3v) is 3.43. The third kappa shape index (κ3) is 2.57. The largest absolute Gasteiger partial charge is 0.497 e. The number of ether oxygens (including phenoxy) is 1. The number of ketones is 1. The summed E-state index contributed by atoms with van der Waals surface area (Å²) in [5.74, 6) is 1.37. The first kappa shape index (κ1) is 11.9. The molecule has 0 amide bonds. The molecule has 1 atom stereocenters. The molecule has 1 aromatic carbocycles. The molecule has 0 bridgehead atoms. The van der Waals surface area contributed by atoms with Gasteiger partial charge in [-0.15, -0.1) is 0 Å². The monoisotopic (exact) mass is 230 g/mol. The van der Waals surface area contributed by atoms with E-state index in [1.165, 1.54) is 0 Å². The molecule has 0 aliphatic heterocycles. The fourth-order valence-electron chi connectivity index (χ4n) is 2.27. The predicted molar refractivity (Wildman–Crippen MR) is 69.0 cm³/mol. The average molecular weight is 230 g/mol. The van der Waals surface area contributed by atoms with E-state index in [0.29, 0.717) is 0 Å². The maximum atomic E-state index is 11.8. The van der Waals surface area contributed by atoms with Gasteiger partial charge in [-0.2, -0.15) is 0 Å². The van der Waals surface area contributed by atoms with Gasteiger partial charge < -0.3 is 4.74 Å². The summed E-state index contributed by atoms with van der Waals surface area (Å²) in [5.41, 5.74) is 2.29. The van der Waals surface area contributed by atoms with Crippen LogP contribution in [0.5, 0.6) is 5.75 Å². The average Bonchev–Trinajstić information content (AvgIpc) is 2.39. The molecule has 1 aliphatic carbocycles. The van der Waals surface area contributed by atoms with Crippen LogP contribution in [0.3, 0.4) is 0 Å². The second-order valence-corrected chi connectivity index (χ2v) is 4.44. The maximum absolute atomic E-state index is 11.8. The van der Waals surface area contributed by atoms with Gasteiger partial charge in [0.2, 0.25) is 0 Å². The van der Waals surface area contributed by atoms with Gasteiger partial charge in [-0.3, -0.25) is 4.79 Å². The molecule has 2 rings (SSSR count). The number of methoxy groups -OCH3 is 1. The number of rotatable bonds is 3. The Bertz CT molecular complexity index is 429. The van der Waals surface area contributed by atoms with Gasteiger partial charge in [0.05, 0.1) is 7.11 Å². The summed E-state index contributed by atoms with van der Waals surface area (Å²) in [7, 11) is 1.66. The molecule has 1 unspecified atom stereocenters. The van der Waals surface area contributed by atoms with Gasteiger partial charge >= 0.3 is 0 Å². The molecular weight excluding hydrogens is 212 g/mol. The number of benzene rings is 1. The lowest BCUT2D eigenvalue weighted by Gasteiger charge is -2.19. The summed E-state index contributed by atoms with van der Waals surface area (Å²) in [5, 5.41) is 0. The number of carbonyl (C=O) groups excluding carboxylic acids is 1. The van der Waals surface area contributed by atoms with Crippen LogP contribution in [-0.4, -0.2) is 12.9 Å². The van der Waals surface area contributed by atoms with Crippen LogP contribution in [0.1, 0.15) is 31.7 Å². The van der Waals surface area contributed by atoms with Crippen LogP contribution in [0.25, 0.3) is 5.57 Å². The Hall–Kier alpha value is -1.57. The predicted octanol–water partition coefficient (Wildman–Crippen LogP) is 3.47. The lowest BCUT2D eigenvalue weighted by Crippen LogP contribution is -2.16. The normalized spacial score (nSPS) is 20.0. The molecule has 90 valence electrons. The Morgan fingerprint density at radius 3 is 2.53 bits per heavy atom. The zero-order valence-corrected chi connectivity index (χ0v) is 10.4. The Labute approximate surface area is 102 Å². The molecular formula is C15H18O2. The van der Waals surface area contributed by atoms with Crippen molar-refractivity contribution in [2.24, 2.45) is 5.92 Å². The molecule has 0 radical (unpaired) electrons. The van der Waals surface area contributed by atoms with Gasteiger partial charge in [-0.1, -0.05) is 19.1 Å². The van der Waals surface area contributed by atoms with E-state index < -0.39 is 0 Å². The van der Waals surface area contributed by atoms with Crippen molar-refractivity contribution in [3.8, 4) is 5.75 Å². The minimum absolute atomic E-state index is 0.233. The first-order chi connectivity index (χ1) is 8.24. The van der Waals surface area contributed by atoms with Crippen molar-refractivity contribution in [2.45, 2.75) is 26.2 Å². The van der Waals surface area contributed by atoms with Gasteiger partial charge in [-0.05, 0) is 48.6 Å². The SMILES string of the molecule is CCC1CCC(c2ccc(OC)cc2)=CC1=O. The number of hydrogen-bond acceptors (Lipinski definition) is 2. The molecule has 0 N–H and O–H groups in total. The molecule has 0 heterocycles. The molecule has 1 aromatic rings. The summed E-state index contributed by atoms with van der Waals surface area (Å²) >= 11 is 0. The van der Waals surface area contributed by atoms with Crippen molar-refractivity contribution >= 4 is 11.4 Å². The second-order valence-electron chi connectivity index (χ2n) is 4.44. The molecule has 2 heteroatoms. The van der Waals surface area contributed by atoms with E-state index in [1.54, 1.807) is 7.11 Å². The Morgan fingerprint density at radius 2 is 2.00 bits per heavy atom. The van der Waals surface area contributed by atoms with Crippen molar-refractivity contribution in [1.82, 2.24) is 0 Å². The van der Waals surface area contributed by atoms with Crippen LogP contribution in [-0.2, 0) is 4.79 Å². The van der Waals surface area contributed by atoms with E-state index in [4.69, 9.17) is 4.74 Å². The zero-order valence-electron chi connectivity index (χ0n) is 10.4. The minimum atomic E-state index is 0.233. The third-order valence-electron chi connectivity index (χ3n) is 3.43. The second kappa shape index (κ2) is 5.17. The van der Waals surface area contributed by atoms with E-state index in [2.05, 4.69) is 6.92 Å². The minimum Gasteiger partial charge on any atom is -0.497 e. The number of hydrogen-bond donors (Lipinski definition) is 0. The lowest BCUT2D eigenvalue weighted by atomic mass is 9.84. The molecule has 1 aliphatic rings. The highest BCUT2D eigenvalue weighted by molar-refractivity contribution is 5.99. The highest BCUT2D eigenvalue weighted by Crippen LogP contribution is 2.30. The maximum Gasteiger partial charge on any atom is 0.159 e. The molecule has 0 saturated carbocycles. The van der Waals surface area contributed by atoms with Crippen molar-refractivity contribution in [3.05, 3.63) is 35.9 Å². The Kier molecular flexibility index (Phi) is 3.62. The quantitative estimate of drug-likeness (QED) is 0.794. The van der Waals surface area contributed by atoms with E-state index in [-0.39, 0.29) is 11.7 Å². The van der Waals surface area contributed by atoms with Crippen LogP contribution in [0.2, 0.25) is 0 Å². The summed E-state index contributed by atoms with van der Waals surface area (Å²) in [6.07, 6.45) is 4.74. The van der Waals surface area contributed by atoms with Gasteiger partial charge in [0.1, 0.15) is 5.75 Å². The number of carbonyl (C=O) groups is 1. The van der Waals surface area contributed by atoms with E-state index in [1.807, 2.05) is 30.3 Å². The van der Waals surface area contributed by atoms with E-state index in [9.17, 15) is 4.79 Å². The first-order valence-corrected chi connectivity index (χ1v) is 6.13. The van der Waals surface area contributed by atoms with Crippen LogP contribution in [0.4, 0.5) is 0 Å². The van der Waals surface area contributed by atoms with Crippen LogP contribution in [0, 0.1) is 5.92 Å². The zero-order chi connectivity index (χ0) is 12.3. The van der Waals surface area contributed by atoms with Crippen molar-refractivity contribution in [3.63, 3.8) is 0 Å². The molecule has 0 aromatic heterocycles. The molecule has 0 spiro atoms. The Morgan fingerprint density at radius 1 is 1.29 bits per heavy atom. The van der Waals surface area contributed by atoms with Gasteiger partial charge in [0, 0.05) is 5.92 Å². The summed E-state index contributed by atoms with van der Waals surface area (Å²) in [6, 6.07) is 7.91. The van der Waals surface area contributed by atoms with Crippen molar-refractivity contribution in [1.29, 1.82) is 0 Å². The van der Waals surface area contributed by atoms with Crippen LogP contribution >= 0.6 is 0 Å². The Balaban J connectivity index is 2.20. The lowest BCUT2D eigenvalue weighted by molar-refractivity contribution is -0.118. The molecule has 17 heavy (non-hydrogen) atoms. The molecule has 2 nitrogen and oxygen atoms in total. The summed E-state index contributed by atoms with van der Waals surface area (Å²) in [6.45, 7) is 2.08. The van der Waals surface area contributed by atoms with Crippen LogP contribution < -0.4 is 4.74 Å². The molecule has 0 saturated heterocycles. The molecule has 0 fully saturated rings. The van der Waals surface area contributed by atoms with Gasteiger partial charge in [0.25, 0.3) is 0 Å². The van der Waals surface area contributed by atoms with Crippen molar-refractivity contribution < 1.29 is 9.53 Å². The van der Waals surface area contributed by atoms with Crippen LogP contribution in [0.15, 0.2) is 30.3 Å². The summed E-state index contributed by atoms with van der Waals surface area (Å²) in [4.78, 5) is 11.8. The van der Waals surface area contributed by atoms with Crippen molar-refractivity contribution in [2.75, 3.05) is 7.11 Å². The highest BCUT2D eigenvalue weighted by atomic mass is 16.5. The topological polar surface area (TPSA) is 26.3 Å². The number of allylic oxidation sites excluding steroid dienone is 2. The van der Waals surface area contributed by atoms with Gasteiger partial charge in [0.15, 0.2) is 5.78 Å². The van der Waals surface area contributed by atoms with E-state index in [0.717, 1.165) is 36.1 Å². The first-order valence-electron chi connectivity index (χ1n) is 6.13. The highest BCUT2D eigenvalue weighted by Gasteiger charge is 2.20. The standard InChI is InChI=1S/C15H18O2/c1-3-11-4-5-13(10-15(11)16)12-6-8-14(17-2)9-7-12/h6-11H,3-5H2,1-2H3. The van der Waals surface area contributed by atoms with Gasteiger partial charge in [-0.25, -0.2) is 0 Å². The fraction of sp³-hybridized carbons (Fsp3) is 0.400.